The molecule has 168 valence electrons. The van der Waals surface area contributed by atoms with Gasteiger partial charge in [-0.3, -0.25) is 9.69 Å². The van der Waals surface area contributed by atoms with Gasteiger partial charge in [0.05, 0.1) is 10.9 Å². The lowest BCUT2D eigenvalue weighted by Crippen LogP contribution is -2.55. The van der Waals surface area contributed by atoms with E-state index in [1.165, 1.54) is 28.1 Å². The number of halogens is 1. The van der Waals surface area contributed by atoms with E-state index >= 15 is 0 Å². The van der Waals surface area contributed by atoms with Crippen LogP contribution in [-0.4, -0.2) is 61.8 Å². The first-order chi connectivity index (χ1) is 14.8. The van der Waals surface area contributed by atoms with Crippen molar-refractivity contribution >= 4 is 15.9 Å². The monoisotopic (exact) mass is 447 g/mol. The Balaban J connectivity index is 1.49. The van der Waals surface area contributed by atoms with Crippen LogP contribution >= 0.6 is 0 Å². The van der Waals surface area contributed by atoms with E-state index in [-0.39, 0.29) is 36.0 Å². The lowest BCUT2D eigenvalue weighted by molar-refractivity contribution is -0.127. The molecule has 1 aliphatic heterocycles. The summed E-state index contributed by atoms with van der Waals surface area (Å²) in [6, 6.07) is 14.9. The zero-order chi connectivity index (χ0) is 22.4. The minimum absolute atomic E-state index is 0.0426. The lowest BCUT2D eigenvalue weighted by Gasteiger charge is -2.37. The zero-order valence-corrected chi connectivity index (χ0v) is 18.8. The molecular formula is C23H30FN3O3S. The molecule has 0 unspecified atom stereocenters. The van der Waals surface area contributed by atoms with Gasteiger partial charge in [-0.15, -0.1) is 0 Å². The SMILES string of the molecule is C[C@@H](CCc1ccccc1)NC(=O)[C@H](C)N1CCN(S(=O)(=O)c2cccc(F)c2)CC1. The van der Waals surface area contributed by atoms with E-state index in [0.29, 0.717) is 13.1 Å². The topological polar surface area (TPSA) is 69.7 Å². The van der Waals surface area contributed by atoms with Gasteiger partial charge < -0.3 is 5.32 Å². The molecule has 0 aromatic heterocycles. The number of carbonyl (C=O) groups excluding carboxylic acids is 1. The van der Waals surface area contributed by atoms with Crippen LogP contribution in [0.15, 0.2) is 59.5 Å². The van der Waals surface area contributed by atoms with Crippen LogP contribution < -0.4 is 5.32 Å². The summed E-state index contributed by atoms with van der Waals surface area (Å²) in [7, 11) is -3.74. The number of benzene rings is 2. The van der Waals surface area contributed by atoms with Crippen LogP contribution in [0, 0.1) is 5.82 Å². The second-order valence-corrected chi connectivity index (χ2v) is 9.95. The molecule has 3 rings (SSSR count). The minimum Gasteiger partial charge on any atom is -0.352 e. The Morgan fingerprint density at radius 3 is 2.35 bits per heavy atom. The van der Waals surface area contributed by atoms with Gasteiger partial charge in [0.15, 0.2) is 0 Å². The van der Waals surface area contributed by atoms with Crippen LogP contribution in [0.4, 0.5) is 4.39 Å². The molecule has 0 bridgehead atoms. The lowest BCUT2D eigenvalue weighted by atomic mass is 10.1. The molecule has 2 aromatic carbocycles. The van der Waals surface area contributed by atoms with Crippen molar-refractivity contribution in [2.24, 2.45) is 0 Å². The average Bonchev–Trinajstić information content (AvgIpc) is 2.78. The smallest absolute Gasteiger partial charge is 0.243 e. The van der Waals surface area contributed by atoms with Crippen molar-refractivity contribution in [2.45, 2.75) is 43.7 Å². The first kappa shape index (κ1) is 23.4. The number of hydrogen-bond donors (Lipinski definition) is 1. The summed E-state index contributed by atoms with van der Waals surface area (Å²) in [6.45, 7) is 5.26. The Hall–Kier alpha value is -2.29. The number of hydrogen-bond acceptors (Lipinski definition) is 4. The number of nitrogens with one attached hydrogen (secondary N) is 1. The number of rotatable bonds is 8. The molecule has 31 heavy (non-hydrogen) atoms. The van der Waals surface area contributed by atoms with Crippen LogP contribution in [0.25, 0.3) is 0 Å². The minimum atomic E-state index is -3.74. The number of sulfonamides is 1. The van der Waals surface area contributed by atoms with Crippen molar-refractivity contribution in [1.82, 2.24) is 14.5 Å². The third-order valence-corrected chi connectivity index (χ3v) is 7.63. The quantitative estimate of drug-likeness (QED) is 0.676. The summed E-state index contributed by atoms with van der Waals surface area (Å²) in [5, 5.41) is 3.07. The van der Waals surface area contributed by atoms with Crippen molar-refractivity contribution in [3.05, 3.63) is 66.0 Å². The fourth-order valence-electron chi connectivity index (χ4n) is 3.74. The molecule has 1 N–H and O–H groups in total. The second kappa shape index (κ2) is 10.3. The van der Waals surface area contributed by atoms with Crippen molar-refractivity contribution in [3.63, 3.8) is 0 Å². The zero-order valence-electron chi connectivity index (χ0n) is 18.0. The summed E-state index contributed by atoms with van der Waals surface area (Å²) >= 11 is 0. The number of nitrogens with zero attached hydrogens (tertiary/aromatic N) is 2. The van der Waals surface area contributed by atoms with Gasteiger partial charge in [0.1, 0.15) is 5.82 Å². The molecule has 0 saturated carbocycles. The number of carbonyl (C=O) groups is 1. The van der Waals surface area contributed by atoms with Crippen LogP contribution in [0.3, 0.4) is 0 Å². The van der Waals surface area contributed by atoms with Crippen LogP contribution in [0.1, 0.15) is 25.8 Å². The van der Waals surface area contributed by atoms with Gasteiger partial charge in [0.25, 0.3) is 0 Å². The van der Waals surface area contributed by atoms with Crippen LogP contribution in [-0.2, 0) is 21.2 Å². The highest BCUT2D eigenvalue weighted by Gasteiger charge is 2.32. The highest BCUT2D eigenvalue weighted by Crippen LogP contribution is 2.19. The van der Waals surface area contributed by atoms with E-state index in [2.05, 4.69) is 17.4 Å². The van der Waals surface area contributed by atoms with Gasteiger partial charge in [-0.25, -0.2) is 12.8 Å². The molecule has 8 heteroatoms. The molecule has 0 radical (unpaired) electrons. The average molecular weight is 448 g/mol. The summed E-state index contributed by atoms with van der Waals surface area (Å²) in [5.74, 6) is -0.631. The number of amides is 1. The van der Waals surface area contributed by atoms with Crippen molar-refractivity contribution < 1.29 is 17.6 Å². The summed E-state index contributed by atoms with van der Waals surface area (Å²) < 4.78 is 40.3. The van der Waals surface area contributed by atoms with Crippen molar-refractivity contribution in [2.75, 3.05) is 26.2 Å². The Morgan fingerprint density at radius 2 is 1.71 bits per heavy atom. The van der Waals surface area contributed by atoms with Gasteiger partial charge in [-0.1, -0.05) is 36.4 Å². The molecule has 2 aromatic rings. The Labute approximate surface area is 184 Å². The Kier molecular flexibility index (Phi) is 7.80. The molecule has 6 nitrogen and oxygen atoms in total. The van der Waals surface area contributed by atoms with E-state index in [1.54, 1.807) is 0 Å². The maximum Gasteiger partial charge on any atom is 0.243 e. The largest absolute Gasteiger partial charge is 0.352 e. The molecular weight excluding hydrogens is 417 g/mol. The second-order valence-electron chi connectivity index (χ2n) is 8.01. The van der Waals surface area contributed by atoms with Gasteiger partial charge in [0.2, 0.25) is 15.9 Å². The van der Waals surface area contributed by atoms with E-state index in [4.69, 9.17) is 0 Å². The highest BCUT2D eigenvalue weighted by atomic mass is 32.2. The summed E-state index contributed by atoms with van der Waals surface area (Å²) in [6.07, 6.45) is 1.75. The van der Waals surface area contributed by atoms with E-state index in [1.807, 2.05) is 36.9 Å². The Bertz CT molecular complexity index is 977. The van der Waals surface area contributed by atoms with Crippen molar-refractivity contribution in [3.8, 4) is 0 Å². The molecule has 1 amide bonds. The van der Waals surface area contributed by atoms with E-state index in [0.717, 1.165) is 18.9 Å². The summed E-state index contributed by atoms with van der Waals surface area (Å²) in [5.41, 5.74) is 1.24. The van der Waals surface area contributed by atoms with Crippen LogP contribution in [0.5, 0.6) is 0 Å². The first-order valence-electron chi connectivity index (χ1n) is 10.6. The molecule has 1 heterocycles. The summed E-state index contributed by atoms with van der Waals surface area (Å²) in [4.78, 5) is 14.6. The van der Waals surface area contributed by atoms with Gasteiger partial charge in [0, 0.05) is 32.2 Å². The van der Waals surface area contributed by atoms with E-state index < -0.39 is 15.8 Å². The van der Waals surface area contributed by atoms with E-state index in [9.17, 15) is 17.6 Å². The maximum atomic E-state index is 13.4. The molecule has 1 fully saturated rings. The van der Waals surface area contributed by atoms with Crippen LogP contribution in [0.2, 0.25) is 0 Å². The first-order valence-corrected chi connectivity index (χ1v) is 12.1. The normalized spacial score (nSPS) is 17.8. The Morgan fingerprint density at radius 1 is 1.03 bits per heavy atom. The van der Waals surface area contributed by atoms with Crippen molar-refractivity contribution in [1.29, 1.82) is 0 Å². The third kappa shape index (κ3) is 6.12. The molecule has 1 aliphatic rings. The van der Waals surface area contributed by atoms with Gasteiger partial charge >= 0.3 is 0 Å². The highest BCUT2D eigenvalue weighted by molar-refractivity contribution is 7.89. The standard InChI is InChI=1S/C23H30FN3O3S/c1-18(11-12-20-7-4-3-5-8-20)25-23(28)19(2)26-13-15-27(16-14-26)31(29,30)22-10-6-9-21(24)17-22/h3-10,17-19H,11-16H2,1-2H3,(H,25,28)/t18-,19-/m0/s1. The molecule has 0 spiro atoms. The predicted octanol–water partition coefficient (Wildman–Crippen LogP) is 2.66. The molecule has 1 saturated heterocycles. The van der Waals surface area contributed by atoms with Gasteiger partial charge in [-0.05, 0) is 50.5 Å². The third-order valence-electron chi connectivity index (χ3n) is 5.73. The number of aryl methyl sites for hydroxylation is 1. The molecule has 2 atom stereocenters. The number of piperazine rings is 1. The fourth-order valence-corrected chi connectivity index (χ4v) is 5.19. The predicted molar refractivity (Wildman–Crippen MR) is 119 cm³/mol. The van der Waals surface area contributed by atoms with Gasteiger partial charge in [-0.2, -0.15) is 4.31 Å². The maximum absolute atomic E-state index is 13.4. The fraction of sp³-hybridized carbons (Fsp3) is 0.435. The molecule has 0 aliphatic carbocycles.